The van der Waals surface area contributed by atoms with Crippen LogP contribution in [0.5, 0.6) is 5.75 Å². The Morgan fingerprint density at radius 3 is 2.03 bits per heavy atom. The number of halogens is 2. The van der Waals surface area contributed by atoms with Crippen molar-refractivity contribution in [3.8, 4) is 5.75 Å². The lowest BCUT2D eigenvalue weighted by Crippen LogP contribution is -2.30. The maximum atomic E-state index is 12.6. The van der Waals surface area contributed by atoms with Crippen LogP contribution >= 0.6 is 0 Å². The summed E-state index contributed by atoms with van der Waals surface area (Å²) in [5, 5.41) is 0. The zero-order chi connectivity index (χ0) is 21.6. The molecule has 6 nitrogen and oxygen atoms in total. The van der Waals surface area contributed by atoms with E-state index in [0.717, 1.165) is 5.56 Å². The van der Waals surface area contributed by atoms with Crippen molar-refractivity contribution in [3.05, 3.63) is 59.7 Å². The number of hydrogen-bond donors (Lipinski definition) is 0. The van der Waals surface area contributed by atoms with Crippen molar-refractivity contribution in [3.63, 3.8) is 0 Å². The van der Waals surface area contributed by atoms with Gasteiger partial charge in [0.2, 0.25) is 10.0 Å². The second-order valence-electron chi connectivity index (χ2n) is 6.30. The number of benzene rings is 2. The van der Waals surface area contributed by atoms with Crippen LogP contribution in [0.4, 0.5) is 8.78 Å². The minimum atomic E-state index is -3.58. The van der Waals surface area contributed by atoms with E-state index in [1.807, 2.05) is 0 Å². The summed E-state index contributed by atoms with van der Waals surface area (Å²) in [6.07, 6.45) is 0. The van der Waals surface area contributed by atoms with Crippen molar-refractivity contribution in [1.29, 1.82) is 0 Å². The topological polar surface area (TPSA) is 66.9 Å². The third kappa shape index (κ3) is 5.74. The SMILES string of the molecule is CCN(CC)S(=O)(=O)c1ccc(C(=O)N(C)Cc2ccc(OC(F)F)cc2)cc1. The van der Waals surface area contributed by atoms with Crippen LogP contribution in [-0.2, 0) is 16.6 Å². The smallest absolute Gasteiger partial charge is 0.387 e. The first-order chi connectivity index (χ1) is 13.7. The number of ether oxygens (including phenoxy) is 1. The van der Waals surface area contributed by atoms with Crippen LogP contribution in [0, 0.1) is 0 Å². The highest BCUT2D eigenvalue weighted by Crippen LogP contribution is 2.19. The summed E-state index contributed by atoms with van der Waals surface area (Å²) in [5.74, 6) is -0.243. The van der Waals surface area contributed by atoms with Crippen LogP contribution in [0.25, 0.3) is 0 Å². The van der Waals surface area contributed by atoms with E-state index in [4.69, 9.17) is 0 Å². The van der Waals surface area contributed by atoms with Crippen LogP contribution in [0.15, 0.2) is 53.4 Å². The molecule has 0 heterocycles. The van der Waals surface area contributed by atoms with Gasteiger partial charge in [-0.3, -0.25) is 4.79 Å². The molecule has 0 unspecified atom stereocenters. The highest BCUT2D eigenvalue weighted by atomic mass is 32.2. The number of carbonyl (C=O) groups excluding carboxylic acids is 1. The number of nitrogens with zero attached hydrogens (tertiary/aromatic N) is 2. The zero-order valence-corrected chi connectivity index (χ0v) is 17.3. The molecule has 0 bridgehead atoms. The van der Waals surface area contributed by atoms with Crippen LogP contribution in [-0.4, -0.2) is 50.3 Å². The van der Waals surface area contributed by atoms with Crippen LogP contribution in [0.2, 0.25) is 0 Å². The van der Waals surface area contributed by atoms with E-state index in [2.05, 4.69) is 4.74 Å². The fourth-order valence-electron chi connectivity index (χ4n) is 2.82. The van der Waals surface area contributed by atoms with Crippen molar-refractivity contribution in [2.45, 2.75) is 31.9 Å². The van der Waals surface area contributed by atoms with E-state index in [0.29, 0.717) is 18.7 Å². The lowest BCUT2D eigenvalue weighted by atomic mass is 10.1. The molecule has 29 heavy (non-hydrogen) atoms. The molecule has 0 aliphatic carbocycles. The first-order valence-electron chi connectivity index (χ1n) is 9.08. The Kier molecular flexibility index (Phi) is 7.69. The summed E-state index contributed by atoms with van der Waals surface area (Å²) in [7, 11) is -1.98. The molecule has 2 aromatic carbocycles. The minimum Gasteiger partial charge on any atom is -0.435 e. The van der Waals surface area contributed by atoms with E-state index >= 15 is 0 Å². The number of carbonyl (C=O) groups is 1. The largest absolute Gasteiger partial charge is 0.435 e. The predicted octanol–water partition coefficient (Wildman–Crippen LogP) is 3.59. The molecule has 0 saturated heterocycles. The normalized spacial score (nSPS) is 11.7. The fourth-order valence-corrected chi connectivity index (χ4v) is 4.28. The van der Waals surface area contributed by atoms with E-state index in [1.54, 1.807) is 33.0 Å². The van der Waals surface area contributed by atoms with Gasteiger partial charge in [0.1, 0.15) is 5.75 Å². The molecule has 2 aromatic rings. The van der Waals surface area contributed by atoms with Gasteiger partial charge >= 0.3 is 6.61 Å². The van der Waals surface area contributed by atoms with Crippen molar-refractivity contribution < 1.29 is 26.7 Å². The lowest BCUT2D eigenvalue weighted by molar-refractivity contribution is -0.0498. The van der Waals surface area contributed by atoms with Gasteiger partial charge in [0.15, 0.2) is 0 Å². The lowest BCUT2D eigenvalue weighted by Gasteiger charge is -2.20. The highest BCUT2D eigenvalue weighted by molar-refractivity contribution is 7.89. The van der Waals surface area contributed by atoms with Gasteiger partial charge in [0.05, 0.1) is 4.90 Å². The summed E-state index contributed by atoms with van der Waals surface area (Å²) in [4.78, 5) is 14.2. The molecule has 0 spiro atoms. The minimum absolute atomic E-state index is 0.0442. The van der Waals surface area contributed by atoms with Crippen LogP contribution in [0.1, 0.15) is 29.8 Å². The molecule has 0 radical (unpaired) electrons. The summed E-state index contributed by atoms with van der Waals surface area (Å²) >= 11 is 0. The monoisotopic (exact) mass is 426 g/mol. The molecule has 1 amide bonds. The zero-order valence-electron chi connectivity index (χ0n) is 16.5. The van der Waals surface area contributed by atoms with Gasteiger partial charge < -0.3 is 9.64 Å². The Bertz CT molecular complexity index is 913. The number of alkyl halides is 2. The van der Waals surface area contributed by atoms with E-state index in [-0.39, 0.29) is 23.1 Å². The number of hydrogen-bond acceptors (Lipinski definition) is 4. The Balaban J connectivity index is 2.08. The van der Waals surface area contributed by atoms with Crippen LogP contribution in [0.3, 0.4) is 0 Å². The maximum Gasteiger partial charge on any atom is 0.387 e. The van der Waals surface area contributed by atoms with E-state index in [1.165, 1.54) is 45.6 Å². The van der Waals surface area contributed by atoms with Gasteiger partial charge in [-0.05, 0) is 42.0 Å². The van der Waals surface area contributed by atoms with Crippen molar-refractivity contribution in [1.82, 2.24) is 9.21 Å². The maximum absolute atomic E-state index is 12.6. The van der Waals surface area contributed by atoms with Crippen molar-refractivity contribution >= 4 is 15.9 Å². The second-order valence-corrected chi connectivity index (χ2v) is 8.24. The molecule has 0 N–H and O–H groups in total. The first-order valence-corrected chi connectivity index (χ1v) is 10.5. The van der Waals surface area contributed by atoms with Gasteiger partial charge in [-0.2, -0.15) is 13.1 Å². The third-order valence-corrected chi connectivity index (χ3v) is 6.42. The number of rotatable bonds is 9. The van der Waals surface area contributed by atoms with Gasteiger partial charge in [-0.15, -0.1) is 0 Å². The fraction of sp³-hybridized carbons (Fsp3) is 0.350. The average molecular weight is 426 g/mol. The van der Waals surface area contributed by atoms with E-state index in [9.17, 15) is 22.0 Å². The molecule has 9 heteroatoms. The summed E-state index contributed by atoms with van der Waals surface area (Å²) in [5.41, 5.74) is 1.09. The molecule has 0 aliphatic heterocycles. The van der Waals surface area contributed by atoms with Gasteiger partial charge in [-0.1, -0.05) is 26.0 Å². The molecule has 0 fully saturated rings. The molecule has 0 saturated carbocycles. The average Bonchev–Trinajstić information content (AvgIpc) is 2.69. The molecular weight excluding hydrogens is 402 g/mol. The van der Waals surface area contributed by atoms with Crippen molar-refractivity contribution in [2.75, 3.05) is 20.1 Å². The molecule has 0 aliphatic rings. The predicted molar refractivity (Wildman–Crippen MR) is 105 cm³/mol. The Labute approximate surface area is 169 Å². The van der Waals surface area contributed by atoms with Crippen molar-refractivity contribution in [2.24, 2.45) is 0 Å². The quantitative estimate of drug-likeness (QED) is 0.615. The summed E-state index contributed by atoms with van der Waals surface area (Å²) < 4.78 is 55.1. The molecule has 0 aromatic heterocycles. The highest BCUT2D eigenvalue weighted by Gasteiger charge is 2.22. The Hall–Kier alpha value is -2.52. The number of sulfonamides is 1. The molecule has 2 rings (SSSR count). The molecule has 158 valence electrons. The second kappa shape index (κ2) is 9.80. The Morgan fingerprint density at radius 2 is 1.55 bits per heavy atom. The van der Waals surface area contributed by atoms with Gasteiger partial charge in [-0.25, -0.2) is 8.42 Å². The van der Waals surface area contributed by atoms with E-state index < -0.39 is 16.6 Å². The Morgan fingerprint density at radius 1 is 1.00 bits per heavy atom. The standard InChI is InChI=1S/C20H24F2N2O4S/c1-4-24(5-2)29(26,27)18-12-8-16(9-13-18)19(25)23(3)14-15-6-10-17(11-7-15)28-20(21)22/h6-13,20H,4-5,14H2,1-3H3. The molecular formula is C20H24F2N2O4S. The summed E-state index contributed by atoms with van der Waals surface area (Å²) in [6.45, 7) is 1.62. The van der Waals surface area contributed by atoms with Crippen LogP contribution < -0.4 is 4.74 Å². The third-order valence-electron chi connectivity index (χ3n) is 4.36. The summed E-state index contributed by atoms with van der Waals surface area (Å²) in [6, 6.07) is 11.8. The van der Waals surface area contributed by atoms with Gasteiger partial charge in [0, 0.05) is 32.2 Å². The van der Waals surface area contributed by atoms with Gasteiger partial charge in [0.25, 0.3) is 5.91 Å². The number of amides is 1. The first kappa shape index (κ1) is 22.8. The molecule has 0 atom stereocenters.